The fraction of sp³-hybridized carbons (Fsp3) is 0.357. The third kappa shape index (κ3) is 8.58. The molecule has 3 amide bonds. The third-order valence-corrected chi connectivity index (χ3v) is 10.2. The SMILES string of the molecule is COc1cc2c(cc1OC)CN(C[C@H]1C[C@@H](c3ccc(CO)cc3)O[C@@H](c3ccc(CN4C(=O)CC(NC(=O)OCc5ccccc5)C4=O)cc3)O1)CC2. The maximum absolute atomic E-state index is 13.1. The van der Waals surface area contributed by atoms with Crippen LogP contribution in [0, 0.1) is 0 Å². The van der Waals surface area contributed by atoms with Crippen LogP contribution in [0.15, 0.2) is 91.0 Å². The number of aliphatic hydroxyl groups excluding tert-OH is 1. The van der Waals surface area contributed by atoms with Gasteiger partial charge >= 0.3 is 6.09 Å². The van der Waals surface area contributed by atoms with Crippen molar-refractivity contribution in [3.05, 3.63) is 130 Å². The van der Waals surface area contributed by atoms with Crippen molar-refractivity contribution in [3.8, 4) is 11.5 Å². The number of carbonyl (C=O) groups excluding carboxylic acids is 3. The summed E-state index contributed by atoms with van der Waals surface area (Å²) in [6, 6.07) is 27.7. The first-order valence-corrected chi connectivity index (χ1v) is 18.2. The summed E-state index contributed by atoms with van der Waals surface area (Å²) in [6.45, 7) is 2.42. The molecular weight excluding hydrogens is 690 g/mol. The normalized spacial score (nSPS) is 21.4. The smallest absolute Gasteiger partial charge is 0.408 e. The van der Waals surface area contributed by atoms with Gasteiger partial charge in [0.15, 0.2) is 17.8 Å². The Labute approximate surface area is 314 Å². The lowest BCUT2D eigenvalue weighted by molar-refractivity contribution is -0.253. The summed E-state index contributed by atoms with van der Waals surface area (Å²) < 4.78 is 29.5. The number of ether oxygens (including phenoxy) is 5. The molecule has 12 heteroatoms. The van der Waals surface area contributed by atoms with Crippen LogP contribution >= 0.6 is 0 Å². The number of rotatable bonds is 12. The molecule has 0 spiro atoms. The fourth-order valence-corrected chi connectivity index (χ4v) is 7.25. The highest BCUT2D eigenvalue weighted by Gasteiger charge is 2.40. The van der Waals surface area contributed by atoms with Crippen LogP contribution in [0.5, 0.6) is 11.5 Å². The number of nitrogens with zero attached hydrogens (tertiary/aromatic N) is 2. The highest BCUT2D eigenvalue weighted by molar-refractivity contribution is 6.06. The molecule has 0 aromatic heterocycles. The molecule has 2 fully saturated rings. The zero-order chi connectivity index (χ0) is 37.6. The Morgan fingerprint density at radius 2 is 1.54 bits per heavy atom. The van der Waals surface area contributed by atoms with Crippen molar-refractivity contribution in [2.45, 2.75) is 70.1 Å². The fourth-order valence-electron chi connectivity index (χ4n) is 7.25. The summed E-state index contributed by atoms with van der Waals surface area (Å²) in [6.07, 6.45) is -0.401. The number of aliphatic hydroxyl groups is 1. The van der Waals surface area contributed by atoms with Crippen LogP contribution in [0.2, 0.25) is 0 Å². The van der Waals surface area contributed by atoms with Gasteiger partial charge in [-0.2, -0.15) is 0 Å². The number of likely N-dealkylation sites (tertiary alicyclic amines) is 1. The van der Waals surface area contributed by atoms with Crippen molar-refractivity contribution >= 4 is 17.9 Å². The lowest BCUT2D eigenvalue weighted by Gasteiger charge is -2.39. The van der Waals surface area contributed by atoms with Crippen LogP contribution in [0.1, 0.15) is 64.2 Å². The van der Waals surface area contributed by atoms with Gasteiger partial charge in [0.2, 0.25) is 5.91 Å². The van der Waals surface area contributed by atoms with E-state index in [2.05, 4.69) is 22.3 Å². The van der Waals surface area contributed by atoms with Gasteiger partial charge in [0.25, 0.3) is 5.91 Å². The van der Waals surface area contributed by atoms with Gasteiger partial charge in [-0.25, -0.2) is 4.79 Å². The van der Waals surface area contributed by atoms with Crippen molar-refractivity contribution in [1.82, 2.24) is 15.1 Å². The number of fused-ring (bicyclic) bond motifs is 1. The maximum atomic E-state index is 13.1. The average molecular weight is 736 g/mol. The number of hydrogen-bond donors (Lipinski definition) is 2. The lowest BCUT2D eigenvalue weighted by atomic mass is 9.97. The van der Waals surface area contributed by atoms with Crippen molar-refractivity contribution in [2.75, 3.05) is 27.3 Å². The van der Waals surface area contributed by atoms with E-state index in [-0.39, 0.29) is 44.3 Å². The first kappa shape index (κ1) is 37.1. The molecule has 3 aliphatic heterocycles. The molecule has 1 unspecified atom stereocenters. The predicted octanol–water partition coefficient (Wildman–Crippen LogP) is 5.35. The summed E-state index contributed by atoms with van der Waals surface area (Å²) in [5.41, 5.74) is 6.65. The quantitative estimate of drug-likeness (QED) is 0.183. The summed E-state index contributed by atoms with van der Waals surface area (Å²) >= 11 is 0. The molecule has 7 rings (SSSR count). The molecule has 3 aliphatic rings. The van der Waals surface area contributed by atoms with E-state index < -0.39 is 24.3 Å². The first-order valence-electron chi connectivity index (χ1n) is 18.2. The highest BCUT2D eigenvalue weighted by atomic mass is 16.7. The number of carbonyl (C=O) groups is 3. The molecule has 4 atom stereocenters. The van der Waals surface area contributed by atoms with E-state index in [1.807, 2.05) is 78.9 Å². The topological polar surface area (TPSA) is 136 Å². The zero-order valence-corrected chi connectivity index (χ0v) is 30.4. The van der Waals surface area contributed by atoms with Gasteiger partial charge in [-0.05, 0) is 51.9 Å². The number of methoxy groups -OCH3 is 2. The van der Waals surface area contributed by atoms with Crippen molar-refractivity contribution in [2.24, 2.45) is 0 Å². The molecule has 12 nitrogen and oxygen atoms in total. The Hall–Kier alpha value is -5.27. The van der Waals surface area contributed by atoms with E-state index >= 15 is 0 Å². The van der Waals surface area contributed by atoms with Crippen molar-refractivity contribution < 1.29 is 43.2 Å². The van der Waals surface area contributed by atoms with Gasteiger partial charge < -0.3 is 34.1 Å². The number of benzene rings is 4. The maximum Gasteiger partial charge on any atom is 0.408 e. The zero-order valence-electron chi connectivity index (χ0n) is 30.4. The second kappa shape index (κ2) is 16.8. The molecule has 2 N–H and O–H groups in total. The molecule has 4 aromatic carbocycles. The Bertz CT molecular complexity index is 1940. The van der Waals surface area contributed by atoms with Crippen LogP contribution in [0.3, 0.4) is 0 Å². The molecule has 2 saturated heterocycles. The van der Waals surface area contributed by atoms with E-state index in [0.29, 0.717) is 18.7 Å². The molecule has 0 bridgehead atoms. The van der Waals surface area contributed by atoms with Gasteiger partial charge in [0.1, 0.15) is 12.6 Å². The minimum atomic E-state index is -0.984. The summed E-state index contributed by atoms with van der Waals surface area (Å²) in [5.74, 6) is 0.602. The molecule has 0 radical (unpaired) electrons. The van der Waals surface area contributed by atoms with Crippen LogP contribution in [0.25, 0.3) is 0 Å². The second-order valence-corrected chi connectivity index (χ2v) is 13.8. The third-order valence-electron chi connectivity index (χ3n) is 10.2. The number of hydrogen-bond acceptors (Lipinski definition) is 10. The van der Waals surface area contributed by atoms with E-state index in [9.17, 15) is 19.5 Å². The number of imide groups is 1. The molecular formula is C42H45N3O9. The summed E-state index contributed by atoms with van der Waals surface area (Å²) in [7, 11) is 3.30. The largest absolute Gasteiger partial charge is 0.493 e. The second-order valence-electron chi connectivity index (χ2n) is 13.8. The molecule has 3 heterocycles. The Balaban J connectivity index is 1.01. The Morgan fingerprint density at radius 1 is 0.852 bits per heavy atom. The molecule has 0 aliphatic carbocycles. The highest BCUT2D eigenvalue weighted by Crippen LogP contribution is 2.39. The molecule has 282 valence electrons. The van der Waals surface area contributed by atoms with E-state index in [0.717, 1.165) is 58.0 Å². The van der Waals surface area contributed by atoms with Gasteiger partial charge in [-0.1, -0.05) is 78.9 Å². The molecule has 54 heavy (non-hydrogen) atoms. The monoisotopic (exact) mass is 735 g/mol. The van der Waals surface area contributed by atoms with Gasteiger partial charge in [0, 0.05) is 31.6 Å². The minimum Gasteiger partial charge on any atom is -0.493 e. The van der Waals surface area contributed by atoms with Gasteiger partial charge in [-0.15, -0.1) is 0 Å². The standard InChI is InChI=1S/C42H45N3O9/c1-50-37-18-32-16-17-44(23-33(32)19-38(37)51-2)24-34-20-36(30-12-10-28(25-46)11-13-30)54-41(53-34)31-14-8-27(9-15-31)22-45-39(47)21-35(40(45)48)43-42(49)52-26-29-6-4-3-5-7-29/h3-15,18-19,34-36,41,46H,16-17,20-26H2,1-2H3,(H,43,49)/t34-,35?,36+,41+/m1/s1. The molecule has 4 aromatic rings. The van der Waals surface area contributed by atoms with Crippen LogP contribution < -0.4 is 14.8 Å². The van der Waals surface area contributed by atoms with Gasteiger partial charge in [0.05, 0.1) is 46.0 Å². The van der Waals surface area contributed by atoms with Gasteiger partial charge in [-0.3, -0.25) is 19.4 Å². The van der Waals surface area contributed by atoms with E-state index in [1.54, 1.807) is 14.2 Å². The first-order chi connectivity index (χ1) is 26.3. The Morgan fingerprint density at radius 3 is 2.24 bits per heavy atom. The van der Waals surface area contributed by atoms with Crippen LogP contribution in [-0.4, -0.2) is 72.3 Å². The Kier molecular flexibility index (Phi) is 11.5. The number of nitrogens with one attached hydrogen (secondary N) is 1. The average Bonchev–Trinajstić information content (AvgIpc) is 3.46. The molecule has 0 saturated carbocycles. The van der Waals surface area contributed by atoms with Crippen LogP contribution in [0.4, 0.5) is 4.79 Å². The van der Waals surface area contributed by atoms with E-state index in [4.69, 9.17) is 23.7 Å². The number of amides is 3. The summed E-state index contributed by atoms with van der Waals surface area (Å²) in [5, 5.41) is 12.1. The van der Waals surface area contributed by atoms with Crippen LogP contribution in [-0.2, 0) is 56.5 Å². The lowest BCUT2D eigenvalue weighted by Crippen LogP contribution is -2.41. The van der Waals surface area contributed by atoms with Crippen molar-refractivity contribution in [1.29, 1.82) is 0 Å². The number of alkyl carbamates (subject to hydrolysis) is 1. The summed E-state index contributed by atoms with van der Waals surface area (Å²) in [4.78, 5) is 42.0. The predicted molar refractivity (Wildman–Crippen MR) is 197 cm³/mol. The minimum absolute atomic E-state index is 0.0350. The van der Waals surface area contributed by atoms with E-state index in [1.165, 1.54) is 11.1 Å². The van der Waals surface area contributed by atoms with Crippen molar-refractivity contribution in [3.63, 3.8) is 0 Å².